The van der Waals surface area contributed by atoms with Crippen molar-refractivity contribution in [3.8, 4) is 17.0 Å². The quantitative estimate of drug-likeness (QED) is 0.363. The Morgan fingerprint density at radius 1 is 1.20 bits per heavy atom. The lowest BCUT2D eigenvalue weighted by molar-refractivity contribution is -0.215. The molecule has 35 heavy (non-hydrogen) atoms. The first-order valence-electron chi connectivity index (χ1n) is 11.2. The summed E-state index contributed by atoms with van der Waals surface area (Å²) in [5.41, 5.74) is 0.235. The van der Waals surface area contributed by atoms with E-state index in [9.17, 15) is 23.1 Å². The molecule has 3 aromatic heterocycles. The predicted octanol–water partition coefficient (Wildman–Crippen LogP) is 5.92. The fourth-order valence-electron chi connectivity index (χ4n) is 4.42. The molecule has 0 saturated heterocycles. The molecule has 10 heteroatoms. The van der Waals surface area contributed by atoms with Gasteiger partial charge in [-0.25, -0.2) is 9.97 Å². The molecule has 0 unspecified atom stereocenters. The third kappa shape index (κ3) is 3.62. The molecule has 0 spiro atoms. The van der Waals surface area contributed by atoms with Gasteiger partial charge in [0.1, 0.15) is 12.0 Å². The summed E-state index contributed by atoms with van der Waals surface area (Å²) < 4.78 is 54.4. The minimum atomic E-state index is -4.38. The van der Waals surface area contributed by atoms with Crippen LogP contribution in [0.5, 0.6) is 5.88 Å². The number of nitrogens with zero attached hydrogens (tertiary/aromatic N) is 3. The summed E-state index contributed by atoms with van der Waals surface area (Å²) in [6, 6.07) is 7.09. The van der Waals surface area contributed by atoms with Crippen molar-refractivity contribution in [3.63, 3.8) is 0 Å². The van der Waals surface area contributed by atoms with Gasteiger partial charge in [-0.15, -0.1) is 0 Å². The van der Waals surface area contributed by atoms with Crippen molar-refractivity contribution in [1.82, 2.24) is 14.5 Å². The highest BCUT2D eigenvalue weighted by Gasteiger charge is 2.61. The van der Waals surface area contributed by atoms with Gasteiger partial charge in [-0.1, -0.05) is 12.5 Å². The van der Waals surface area contributed by atoms with E-state index in [1.165, 1.54) is 10.8 Å². The van der Waals surface area contributed by atoms with E-state index in [4.69, 9.17) is 9.26 Å². The highest BCUT2D eigenvalue weighted by molar-refractivity contribution is 5.93. The third-order valence-corrected chi connectivity index (χ3v) is 6.93. The minimum absolute atomic E-state index is 0.0233. The van der Waals surface area contributed by atoms with Gasteiger partial charge in [0.15, 0.2) is 11.2 Å². The fourth-order valence-corrected chi connectivity index (χ4v) is 4.42. The summed E-state index contributed by atoms with van der Waals surface area (Å²) in [6.07, 6.45) is -0.928. The first-order valence-corrected chi connectivity index (χ1v) is 11.2. The summed E-state index contributed by atoms with van der Waals surface area (Å²) in [5, 5.41) is 9.86. The van der Waals surface area contributed by atoms with E-state index in [2.05, 4.69) is 9.97 Å². The molecule has 0 bridgehead atoms. The smallest absolute Gasteiger partial charge is 0.400 e. The van der Waals surface area contributed by atoms with Crippen LogP contribution in [0.15, 0.2) is 41.2 Å². The molecule has 7 nitrogen and oxygen atoms in total. The lowest BCUT2D eigenvalue weighted by atomic mass is 9.66. The Hall–Kier alpha value is -3.56. The largest absolute Gasteiger partial charge is 0.481 e. The Kier molecular flexibility index (Phi) is 5.12. The SMILES string of the molecule is Cc1cc(OCC(C)(C)C(=O)O)ncc1-c1ccc2c(c1)on1c(C3(C(F)(F)F)CCC3)cnc21. The molecule has 1 saturated carbocycles. The normalized spacial score (nSPS) is 15.9. The molecule has 1 aromatic carbocycles. The molecule has 1 N–H and O–H groups in total. The molecule has 0 radical (unpaired) electrons. The average molecular weight is 487 g/mol. The van der Waals surface area contributed by atoms with Crippen LogP contribution in [-0.2, 0) is 10.2 Å². The van der Waals surface area contributed by atoms with Gasteiger partial charge in [-0.2, -0.15) is 17.7 Å². The van der Waals surface area contributed by atoms with Crippen LogP contribution in [-0.4, -0.2) is 38.4 Å². The number of halogens is 3. The summed E-state index contributed by atoms with van der Waals surface area (Å²) in [7, 11) is 0. The second-order valence-electron chi connectivity index (χ2n) is 9.81. The van der Waals surface area contributed by atoms with E-state index in [-0.39, 0.29) is 25.1 Å². The number of hydrogen-bond acceptors (Lipinski definition) is 5. The molecular formula is C25H24F3N3O4. The Morgan fingerprint density at radius 3 is 2.54 bits per heavy atom. The first kappa shape index (κ1) is 23.2. The Labute approximate surface area is 198 Å². The summed E-state index contributed by atoms with van der Waals surface area (Å²) in [5.74, 6) is -0.661. The van der Waals surface area contributed by atoms with Crippen LogP contribution in [0.25, 0.3) is 27.7 Å². The van der Waals surface area contributed by atoms with Crippen LogP contribution < -0.4 is 4.74 Å². The molecule has 1 aliphatic rings. The molecule has 184 valence electrons. The molecule has 0 atom stereocenters. The molecule has 5 rings (SSSR count). The number of carboxylic acids is 1. The van der Waals surface area contributed by atoms with E-state index >= 15 is 0 Å². The predicted molar refractivity (Wildman–Crippen MR) is 121 cm³/mol. The van der Waals surface area contributed by atoms with E-state index in [0.29, 0.717) is 28.9 Å². The Morgan fingerprint density at radius 2 is 1.94 bits per heavy atom. The van der Waals surface area contributed by atoms with Gasteiger partial charge in [-0.3, -0.25) is 4.79 Å². The van der Waals surface area contributed by atoms with Crippen LogP contribution in [0.1, 0.15) is 44.4 Å². The zero-order chi connectivity index (χ0) is 25.2. The van der Waals surface area contributed by atoms with E-state index in [0.717, 1.165) is 16.7 Å². The standard InChI is InChI=1S/C25H24F3N3O4/c1-14-9-20(34-13-23(2,3)22(32)33)29-11-17(14)15-5-6-16-18(10-15)35-31-19(12-30-21(16)31)24(7-4-8-24)25(26,27)28/h5-6,9-12H,4,7-8,13H2,1-3H3,(H,32,33). The Balaban J connectivity index is 1.48. The van der Waals surface area contributed by atoms with Crippen molar-refractivity contribution in [2.24, 2.45) is 5.41 Å². The van der Waals surface area contributed by atoms with E-state index in [1.807, 2.05) is 13.0 Å². The maximum atomic E-state index is 13.9. The van der Waals surface area contributed by atoms with Gasteiger partial charge < -0.3 is 14.4 Å². The molecule has 1 aliphatic carbocycles. The van der Waals surface area contributed by atoms with Crippen LogP contribution in [0.3, 0.4) is 0 Å². The van der Waals surface area contributed by atoms with Crippen LogP contribution >= 0.6 is 0 Å². The maximum Gasteiger partial charge on any atom is 0.400 e. The average Bonchev–Trinajstić information content (AvgIpc) is 3.30. The summed E-state index contributed by atoms with van der Waals surface area (Å²) in [4.78, 5) is 19.8. The van der Waals surface area contributed by atoms with Gasteiger partial charge in [0.05, 0.1) is 22.7 Å². The highest BCUT2D eigenvalue weighted by Crippen LogP contribution is 2.54. The number of carbonyl (C=O) groups is 1. The second-order valence-corrected chi connectivity index (χ2v) is 9.81. The van der Waals surface area contributed by atoms with Gasteiger partial charge in [0.25, 0.3) is 0 Å². The topological polar surface area (TPSA) is 89.9 Å². The number of hydrogen-bond donors (Lipinski definition) is 1. The van der Waals surface area contributed by atoms with E-state index in [1.54, 1.807) is 38.2 Å². The van der Waals surface area contributed by atoms with Gasteiger partial charge in [0.2, 0.25) is 5.88 Å². The van der Waals surface area contributed by atoms with Crippen molar-refractivity contribution in [1.29, 1.82) is 0 Å². The number of fused-ring (bicyclic) bond motifs is 3. The lowest BCUT2D eigenvalue weighted by Crippen LogP contribution is -2.48. The lowest BCUT2D eigenvalue weighted by Gasteiger charge is -2.41. The minimum Gasteiger partial charge on any atom is -0.481 e. The second kappa shape index (κ2) is 7.73. The van der Waals surface area contributed by atoms with E-state index < -0.39 is 23.0 Å². The van der Waals surface area contributed by atoms with Crippen molar-refractivity contribution in [2.45, 2.75) is 51.6 Å². The number of ether oxygens (including phenoxy) is 1. The molecule has 3 heterocycles. The molecule has 4 aromatic rings. The number of alkyl halides is 3. The zero-order valence-electron chi connectivity index (χ0n) is 19.4. The number of rotatable bonds is 6. The number of imidazole rings is 1. The Bertz CT molecular complexity index is 1450. The summed E-state index contributed by atoms with van der Waals surface area (Å²) >= 11 is 0. The first-order chi connectivity index (χ1) is 16.4. The highest BCUT2D eigenvalue weighted by atomic mass is 19.4. The van der Waals surface area contributed by atoms with Crippen molar-refractivity contribution < 1.29 is 32.3 Å². The number of pyridine rings is 1. The number of benzene rings is 1. The van der Waals surface area contributed by atoms with Crippen LogP contribution in [0.2, 0.25) is 0 Å². The third-order valence-electron chi connectivity index (χ3n) is 6.93. The number of aryl methyl sites for hydroxylation is 1. The number of carboxylic acid groups (broad SMARTS) is 1. The summed E-state index contributed by atoms with van der Waals surface area (Å²) in [6.45, 7) is 4.97. The van der Waals surface area contributed by atoms with Crippen LogP contribution in [0, 0.1) is 12.3 Å². The molecular weight excluding hydrogens is 463 g/mol. The van der Waals surface area contributed by atoms with Crippen LogP contribution in [0.4, 0.5) is 13.2 Å². The van der Waals surface area contributed by atoms with Crippen molar-refractivity contribution >= 4 is 22.6 Å². The van der Waals surface area contributed by atoms with Crippen molar-refractivity contribution in [3.05, 3.63) is 47.9 Å². The van der Waals surface area contributed by atoms with Crippen molar-refractivity contribution in [2.75, 3.05) is 6.61 Å². The maximum absolute atomic E-state index is 13.9. The molecule has 0 amide bonds. The number of aliphatic carboxylic acids is 1. The van der Waals surface area contributed by atoms with Gasteiger partial charge >= 0.3 is 12.1 Å². The number of aromatic nitrogens is 3. The monoisotopic (exact) mass is 487 g/mol. The van der Waals surface area contributed by atoms with Gasteiger partial charge in [0, 0.05) is 17.8 Å². The van der Waals surface area contributed by atoms with Gasteiger partial charge in [-0.05, 0) is 56.9 Å². The molecule has 0 aliphatic heterocycles. The molecule has 1 fully saturated rings. The zero-order valence-corrected chi connectivity index (χ0v) is 19.4. The fraction of sp³-hybridized carbons (Fsp3) is 0.400.